The number of ether oxygens (including phenoxy) is 1. The van der Waals surface area contributed by atoms with Crippen LogP contribution in [-0.2, 0) is 10.0 Å². The second-order valence-electron chi connectivity index (χ2n) is 4.84. The first-order chi connectivity index (χ1) is 8.86. The monoisotopic (exact) mass is 304 g/mol. The maximum Gasteiger partial charge on any atom is 0.240 e. The number of rotatable bonds is 5. The van der Waals surface area contributed by atoms with E-state index < -0.39 is 15.6 Å². The van der Waals surface area contributed by atoms with Gasteiger partial charge in [0.15, 0.2) is 0 Å². The third-order valence-electron chi connectivity index (χ3n) is 3.40. The Labute approximate surface area is 118 Å². The molecule has 1 saturated carbocycles. The van der Waals surface area contributed by atoms with E-state index in [0.717, 1.165) is 19.3 Å². The van der Waals surface area contributed by atoms with Gasteiger partial charge in [-0.3, -0.25) is 0 Å². The lowest BCUT2D eigenvalue weighted by atomic mass is 9.78. The maximum atomic E-state index is 12.1. The van der Waals surface area contributed by atoms with Crippen LogP contribution in [0.15, 0.2) is 23.1 Å². The lowest BCUT2D eigenvalue weighted by Gasteiger charge is -2.38. The van der Waals surface area contributed by atoms with Crippen molar-refractivity contribution in [2.75, 3.05) is 13.7 Å². The summed E-state index contributed by atoms with van der Waals surface area (Å²) in [6, 6.07) is 4.35. The van der Waals surface area contributed by atoms with Crippen molar-refractivity contribution in [2.24, 2.45) is 5.73 Å². The van der Waals surface area contributed by atoms with Gasteiger partial charge in [-0.1, -0.05) is 11.6 Å². The van der Waals surface area contributed by atoms with Gasteiger partial charge in [0.05, 0.1) is 17.0 Å². The van der Waals surface area contributed by atoms with Gasteiger partial charge in [-0.25, -0.2) is 13.1 Å². The molecule has 0 saturated heterocycles. The predicted octanol–water partition coefficient (Wildman–Crippen LogP) is 1.51. The SMILES string of the molecule is COc1ccc(S(=O)(=O)NCC2(N)CCC2)cc1Cl. The standard InChI is InChI=1S/C12H17ClN2O3S/c1-18-11-4-3-9(7-10(11)13)19(16,17)15-8-12(14)5-2-6-12/h3-4,7,15H,2,5-6,8,14H2,1H3. The molecule has 0 aromatic heterocycles. The number of sulfonamides is 1. The van der Waals surface area contributed by atoms with Crippen molar-refractivity contribution in [1.82, 2.24) is 4.72 Å². The summed E-state index contributed by atoms with van der Waals surface area (Å²) in [6.45, 7) is 0.249. The fourth-order valence-corrected chi connectivity index (χ4v) is 3.43. The number of hydrogen-bond donors (Lipinski definition) is 2. The number of hydrogen-bond acceptors (Lipinski definition) is 4. The molecule has 0 unspecified atom stereocenters. The number of methoxy groups -OCH3 is 1. The summed E-state index contributed by atoms with van der Waals surface area (Å²) in [7, 11) is -2.11. The minimum Gasteiger partial charge on any atom is -0.495 e. The molecular weight excluding hydrogens is 288 g/mol. The van der Waals surface area contributed by atoms with Crippen LogP contribution >= 0.6 is 11.6 Å². The zero-order valence-corrected chi connectivity index (χ0v) is 12.2. The first-order valence-electron chi connectivity index (χ1n) is 5.98. The highest BCUT2D eigenvalue weighted by atomic mass is 35.5. The molecular formula is C12H17ClN2O3S. The highest BCUT2D eigenvalue weighted by molar-refractivity contribution is 7.89. The summed E-state index contributed by atoms with van der Waals surface area (Å²) in [6.07, 6.45) is 2.74. The van der Waals surface area contributed by atoms with E-state index in [9.17, 15) is 8.42 Å². The van der Waals surface area contributed by atoms with E-state index in [-0.39, 0.29) is 16.5 Å². The molecule has 0 amide bonds. The molecule has 1 aliphatic rings. The summed E-state index contributed by atoms with van der Waals surface area (Å²) in [5.74, 6) is 0.440. The predicted molar refractivity (Wildman–Crippen MR) is 74.0 cm³/mol. The second-order valence-corrected chi connectivity index (χ2v) is 7.01. The molecule has 0 spiro atoms. The summed E-state index contributed by atoms with van der Waals surface area (Å²) >= 11 is 5.92. The van der Waals surface area contributed by atoms with Gasteiger partial charge in [0.1, 0.15) is 5.75 Å². The Morgan fingerprint density at radius 2 is 2.16 bits per heavy atom. The van der Waals surface area contributed by atoms with Crippen LogP contribution in [-0.4, -0.2) is 27.6 Å². The molecule has 3 N–H and O–H groups in total. The quantitative estimate of drug-likeness (QED) is 0.864. The summed E-state index contributed by atoms with van der Waals surface area (Å²) < 4.78 is 31.7. The minimum absolute atomic E-state index is 0.112. The van der Waals surface area contributed by atoms with Gasteiger partial charge in [0.2, 0.25) is 10.0 Å². The third kappa shape index (κ3) is 3.20. The highest BCUT2D eigenvalue weighted by Crippen LogP contribution is 2.29. The largest absolute Gasteiger partial charge is 0.495 e. The molecule has 7 heteroatoms. The second kappa shape index (κ2) is 5.28. The van der Waals surface area contributed by atoms with E-state index in [1.165, 1.54) is 25.3 Å². The van der Waals surface area contributed by atoms with E-state index in [4.69, 9.17) is 22.1 Å². The Balaban J connectivity index is 2.12. The number of nitrogens with two attached hydrogens (primary N) is 1. The molecule has 1 aromatic rings. The lowest BCUT2D eigenvalue weighted by molar-refractivity contribution is 0.251. The number of nitrogens with one attached hydrogen (secondary N) is 1. The van der Waals surface area contributed by atoms with E-state index in [2.05, 4.69) is 4.72 Å². The molecule has 1 fully saturated rings. The first-order valence-corrected chi connectivity index (χ1v) is 7.84. The topological polar surface area (TPSA) is 81.4 Å². The average molecular weight is 305 g/mol. The molecule has 2 rings (SSSR count). The van der Waals surface area contributed by atoms with Crippen molar-refractivity contribution in [3.63, 3.8) is 0 Å². The maximum absolute atomic E-state index is 12.1. The zero-order valence-electron chi connectivity index (χ0n) is 10.6. The molecule has 0 heterocycles. The van der Waals surface area contributed by atoms with Crippen molar-refractivity contribution < 1.29 is 13.2 Å². The van der Waals surface area contributed by atoms with Crippen LogP contribution in [0.5, 0.6) is 5.75 Å². The van der Waals surface area contributed by atoms with Crippen LogP contribution in [0, 0.1) is 0 Å². The van der Waals surface area contributed by atoms with Crippen molar-refractivity contribution in [3.8, 4) is 5.75 Å². The average Bonchev–Trinajstić information content (AvgIpc) is 2.34. The van der Waals surface area contributed by atoms with Gasteiger partial charge < -0.3 is 10.5 Å². The fraction of sp³-hybridized carbons (Fsp3) is 0.500. The van der Waals surface area contributed by atoms with Gasteiger partial charge in [-0.05, 0) is 37.5 Å². The molecule has 106 valence electrons. The van der Waals surface area contributed by atoms with Gasteiger partial charge in [0.25, 0.3) is 0 Å². The Morgan fingerprint density at radius 1 is 1.47 bits per heavy atom. The van der Waals surface area contributed by atoms with Crippen LogP contribution in [0.25, 0.3) is 0 Å². The van der Waals surface area contributed by atoms with E-state index in [1.54, 1.807) is 0 Å². The summed E-state index contributed by atoms with van der Waals surface area (Å²) in [4.78, 5) is 0.112. The molecule has 19 heavy (non-hydrogen) atoms. The third-order valence-corrected chi connectivity index (χ3v) is 5.09. The Morgan fingerprint density at radius 3 is 2.63 bits per heavy atom. The van der Waals surface area contributed by atoms with Crippen LogP contribution in [0.2, 0.25) is 5.02 Å². The minimum atomic E-state index is -3.59. The first kappa shape index (κ1) is 14.6. The Bertz CT molecular complexity index is 570. The normalized spacial score (nSPS) is 17.8. The molecule has 0 aliphatic heterocycles. The van der Waals surface area contributed by atoms with Gasteiger partial charge >= 0.3 is 0 Å². The van der Waals surface area contributed by atoms with E-state index >= 15 is 0 Å². The van der Waals surface area contributed by atoms with Gasteiger partial charge in [-0.15, -0.1) is 0 Å². The van der Waals surface area contributed by atoms with E-state index in [0.29, 0.717) is 5.75 Å². The number of halogens is 1. The highest BCUT2D eigenvalue weighted by Gasteiger charge is 2.33. The van der Waals surface area contributed by atoms with Gasteiger partial charge in [0, 0.05) is 12.1 Å². The zero-order chi connectivity index (χ0) is 14.1. The molecule has 0 bridgehead atoms. The molecule has 5 nitrogen and oxygen atoms in total. The smallest absolute Gasteiger partial charge is 0.240 e. The summed E-state index contributed by atoms with van der Waals surface area (Å²) in [5, 5.41) is 0.261. The fourth-order valence-electron chi connectivity index (χ4n) is 1.94. The summed E-state index contributed by atoms with van der Waals surface area (Å²) in [5.41, 5.74) is 5.59. The molecule has 1 aliphatic carbocycles. The van der Waals surface area contributed by atoms with Gasteiger partial charge in [-0.2, -0.15) is 0 Å². The van der Waals surface area contributed by atoms with Crippen molar-refractivity contribution in [3.05, 3.63) is 23.2 Å². The van der Waals surface area contributed by atoms with E-state index in [1.807, 2.05) is 0 Å². The van der Waals surface area contributed by atoms with Crippen LogP contribution in [0.4, 0.5) is 0 Å². The molecule has 0 radical (unpaired) electrons. The lowest BCUT2D eigenvalue weighted by Crippen LogP contribution is -2.54. The van der Waals surface area contributed by atoms with Crippen molar-refractivity contribution >= 4 is 21.6 Å². The van der Waals surface area contributed by atoms with Crippen LogP contribution in [0.3, 0.4) is 0 Å². The Kier molecular flexibility index (Phi) is 4.06. The van der Waals surface area contributed by atoms with Crippen molar-refractivity contribution in [1.29, 1.82) is 0 Å². The molecule has 0 atom stereocenters. The molecule has 1 aromatic carbocycles. The Hall–Kier alpha value is -0.820. The number of benzene rings is 1. The van der Waals surface area contributed by atoms with Crippen molar-refractivity contribution in [2.45, 2.75) is 29.7 Å². The van der Waals surface area contributed by atoms with Crippen LogP contribution < -0.4 is 15.2 Å². The van der Waals surface area contributed by atoms with Crippen LogP contribution in [0.1, 0.15) is 19.3 Å².